The van der Waals surface area contributed by atoms with Crippen LogP contribution in [0.2, 0.25) is 0 Å². The summed E-state index contributed by atoms with van der Waals surface area (Å²) in [7, 11) is 0. The second-order valence-electron chi connectivity index (χ2n) is 4.86. The summed E-state index contributed by atoms with van der Waals surface area (Å²) < 4.78 is 4.99. The number of carbonyl (C=O) groups excluding carboxylic acids is 1. The minimum Gasteiger partial charge on any atom is -0.340 e. The van der Waals surface area contributed by atoms with Gasteiger partial charge in [0.05, 0.1) is 0 Å². The van der Waals surface area contributed by atoms with E-state index in [0.29, 0.717) is 24.7 Å². The molecule has 0 saturated carbocycles. The van der Waals surface area contributed by atoms with Gasteiger partial charge >= 0.3 is 0 Å². The van der Waals surface area contributed by atoms with Crippen LogP contribution in [-0.2, 0) is 4.79 Å². The molecule has 0 aliphatic carbocycles. The molecule has 0 bridgehead atoms. The summed E-state index contributed by atoms with van der Waals surface area (Å²) in [6.45, 7) is 4.38. The fourth-order valence-electron chi connectivity index (χ4n) is 2.46. The molecule has 1 atom stereocenters. The summed E-state index contributed by atoms with van der Waals surface area (Å²) in [5, 5.41) is 3.92. The molecule has 1 unspecified atom stereocenters. The van der Waals surface area contributed by atoms with E-state index in [0.717, 1.165) is 11.3 Å². The maximum Gasteiger partial charge on any atom is 0.227 e. The van der Waals surface area contributed by atoms with Crippen LogP contribution in [0.5, 0.6) is 0 Å². The smallest absolute Gasteiger partial charge is 0.227 e. The zero-order chi connectivity index (χ0) is 13.4. The molecule has 3 rings (SSSR count). The van der Waals surface area contributed by atoms with Gasteiger partial charge in [0.15, 0.2) is 5.82 Å². The topological polar surface area (TPSA) is 59.2 Å². The van der Waals surface area contributed by atoms with Gasteiger partial charge in [0.25, 0.3) is 0 Å². The van der Waals surface area contributed by atoms with Gasteiger partial charge in [0, 0.05) is 31.5 Å². The Balaban J connectivity index is 1.86. The lowest BCUT2D eigenvalue weighted by molar-refractivity contribution is -0.117. The van der Waals surface area contributed by atoms with Crippen LogP contribution in [0.3, 0.4) is 0 Å². The number of carbonyl (C=O) groups is 1. The molecule has 2 aromatic rings. The van der Waals surface area contributed by atoms with Gasteiger partial charge in [-0.15, -0.1) is 0 Å². The Labute approximate surface area is 111 Å². The van der Waals surface area contributed by atoms with Crippen molar-refractivity contribution in [1.82, 2.24) is 10.1 Å². The Morgan fingerprint density at radius 3 is 2.79 bits per heavy atom. The lowest BCUT2D eigenvalue weighted by Gasteiger charge is -2.18. The van der Waals surface area contributed by atoms with E-state index in [1.807, 2.05) is 36.1 Å². The summed E-state index contributed by atoms with van der Waals surface area (Å²) in [4.78, 5) is 18.2. The highest BCUT2D eigenvalue weighted by molar-refractivity contribution is 5.97. The van der Waals surface area contributed by atoms with E-state index in [1.165, 1.54) is 0 Å². The van der Waals surface area contributed by atoms with Crippen molar-refractivity contribution in [3.8, 4) is 0 Å². The normalized spacial score (nSPS) is 19.2. The third-order valence-electron chi connectivity index (χ3n) is 3.44. The SMILES string of the molecule is Cc1nc(C2CC(=O)N(c3ccccc3C)C2)no1. The molecule has 0 N–H and O–H groups in total. The van der Waals surface area contributed by atoms with Crippen molar-refractivity contribution in [3.05, 3.63) is 41.5 Å². The number of para-hydroxylation sites is 1. The monoisotopic (exact) mass is 257 g/mol. The molecule has 5 nitrogen and oxygen atoms in total. The highest BCUT2D eigenvalue weighted by atomic mass is 16.5. The molecule has 2 heterocycles. The van der Waals surface area contributed by atoms with E-state index >= 15 is 0 Å². The van der Waals surface area contributed by atoms with Crippen LogP contribution in [-0.4, -0.2) is 22.6 Å². The minimum absolute atomic E-state index is 0.0181. The van der Waals surface area contributed by atoms with Crippen LogP contribution in [0.15, 0.2) is 28.8 Å². The van der Waals surface area contributed by atoms with Gasteiger partial charge in [-0.25, -0.2) is 0 Å². The van der Waals surface area contributed by atoms with Crippen LogP contribution in [0.1, 0.15) is 29.6 Å². The summed E-state index contributed by atoms with van der Waals surface area (Å²) in [5.41, 5.74) is 2.07. The molecule has 1 aromatic carbocycles. The molecular weight excluding hydrogens is 242 g/mol. The molecule has 1 aromatic heterocycles. The predicted octanol–water partition coefficient (Wildman–Crippen LogP) is 2.21. The number of anilines is 1. The Morgan fingerprint density at radius 1 is 1.32 bits per heavy atom. The lowest BCUT2D eigenvalue weighted by atomic mass is 10.1. The van der Waals surface area contributed by atoms with E-state index in [2.05, 4.69) is 10.1 Å². The highest BCUT2D eigenvalue weighted by Gasteiger charge is 2.34. The number of benzene rings is 1. The first kappa shape index (κ1) is 11.9. The molecule has 1 saturated heterocycles. The largest absolute Gasteiger partial charge is 0.340 e. The van der Waals surface area contributed by atoms with Crippen molar-refractivity contribution in [2.45, 2.75) is 26.2 Å². The van der Waals surface area contributed by atoms with E-state index in [-0.39, 0.29) is 11.8 Å². The molecule has 0 radical (unpaired) electrons. The molecule has 1 fully saturated rings. The van der Waals surface area contributed by atoms with Gasteiger partial charge in [-0.05, 0) is 18.6 Å². The number of hydrogen-bond acceptors (Lipinski definition) is 4. The average molecular weight is 257 g/mol. The number of nitrogens with zero attached hydrogens (tertiary/aromatic N) is 3. The van der Waals surface area contributed by atoms with Gasteiger partial charge in [0.2, 0.25) is 11.8 Å². The Bertz CT molecular complexity index is 621. The van der Waals surface area contributed by atoms with Crippen molar-refractivity contribution in [2.75, 3.05) is 11.4 Å². The molecule has 1 aliphatic rings. The van der Waals surface area contributed by atoms with Gasteiger partial charge in [-0.1, -0.05) is 23.4 Å². The zero-order valence-corrected chi connectivity index (χ0v) is 11.0. The van der Waals surface area contributed by atoms with Gasteiger partial charge in [-0.3, -0.25) is 4.79 Å². The first-order valence-electron chi connectivity index (χ1n) is 6.31. The highest BCUT2D eigenvalue weighted by Crippen LogP contribution is 2.31. The molecule has 1 aliphatic heterocycles. The second-order valence-corrected chi connectivity index (χ2v) is 4.86. The van der Waals surface area contributed by atoms with Crippen molar-refractivity contribution >= 4 is 11.6 Å². The third kappa shape index (κ3) is 2.12. The van der Waals surface area contributed by atoms with E-state index in [1.54, 1.807) is 6.92 Å². The van der Waals surface area contributed by atoms with E-state index in [9.17, 15) is 4.79 Å². The first-order chi connectivity index (χ1) is 9.15. The number of aromatic nitrogens is 2. The predicted molar refractivity (Wildman–Crippen MR) is 69.9 cm³/mol. The van der Waals surface area contributed by atoms with Crippen molar-refractivity contribution < 1.29 is 9.32 Å². The summed E-state index contributed by atoms with van der Waals surface area (Å²) in [6.07, 6.45) is 0.438. The maximum absolute atomic E-state index is 12.2. The molecule has 19 heavy (non-hydrogen) atoms. The summed E-state index contributed by atoms with van der Waals surface area (Å²) in [6, 6.07) is 7.90. The van der Waals surface area contributed by atoms with Crippen molar-refractivity contribution in [2.24, 2.45) is 0 Å². The van der Waals surface area contributed by atoms with Crippen LogP contribution < -0.4 is 4.90 Å². The maximum atomic E-state index is 12.2. The zero-order valence-electron chi connectivity index (χ0n) is 11.0. The Kier molecular flexibility index (Phi) is 2.81. The average Bonchev–Trinajstić information content (AvgIpc) is 2.96. The molecule has 0 spiro atoms. The van der Waals surface area contributed by atoms with E-state index in [4.69, 9.17) is 4.52 Å². The van der Waals surface area contributed by atoms with Gasteiger partial charge in [-0.2, -0.15) is 4.98 Å². The van der Waals surface area contributed by atoms with Gasteiger partial charge in [0.1, 0.15) is 0 Å². The molecule has 5 heteroatoms. The number of rotatable bonds is 2. The van der Waals surface area contributed by atoms with E-state index < -0.39 is 0 Å². The van der Waals surface area contributed by atoms with Gasteiger partial charge < -0.3 is 9.42 Å². The van der Waals surface area contributed by atoms with Crippen molar-refractivity contribution in [1.29, 1.82) is 0 Å². The van der Waals surface area contributed by atoms with Crippen LogP contribution in [0.25, 0.3) is 0 Å². The Hall–Kier alpha value is -2.17. The number of aryl methyl sites for hydroxylation is 2. The van der Waals surface area contributed by atoms with Crippen LogP contribution >= 0.6 is 0 Å². The molecule has 98 valence electrons. The quantitative estimate of drug-likeness (QED) is 0.827. The standard InChI is InChI=1S/C14H15N3O2/c1-9-5-3-4-6-12(9)17-8-11(7-13(17)18)14-15-10(2)19-16-14/h3-6,11H,7-8H2,1-2H3. The van der Waals surface area contributed by atoms with Crippen molar-refractivity contribution in [3.63, 3.8) is 0 Å². The number of amides is 1. The van der Waals surface area contributed by atoms with Crippen LogP contribution in [0, 0.1) is 13.8 Å². The van der Waals surface area contributed by atoms with Crippen LogP contribution in [0.4, 0.5) is 5.69 Å². The fourth-order valence-corrected chi connectivity index (χ4v) is 2.46. The lowest BCUT2D eigenvalue weighted by Crippen LogP contribution is -2.25. The molecule has 1 amide bonds. The third-order valence-corrected chi connectivity index (χ3v) is 3.44. The Morgan fingerprint density at radius 2 is 2.11 bits per heavy atom. The minimum atomic E-state index is 0.0181. The molecular formula is C14H15N3O2. The second kappa shape index (κ2) is 4.50. The summed E-state index contributed by atoms with van der Waals surface area (Å²) in [5.74, 6) is 1.30. The summed E-state index contributed by atoms with van der Waals surface area (Å²) >= 11 is 0. The first-order valence-corrected chi connectivity index (χ1v) is 6.31. The number of hydrogen-bond donors (Lipinski definition) is 0. The fraction of sp³-hybridized carbons (Fsp3) is 0.357.